The van der Waals surface area contributed by atoms with E-state index in [9.17, 15) is 10.0 Å². The maximum atomic E-state index is 11.2. The van der Waals surface area contributed by atoms with E-state index in [0.717, 1.165) is 0 Å². The number of rotatable bonds is 0. The van der Waals surface area contributed by atoms with Gasteiger partial charge in [-0.3, -0.25) is 14.8 Å². The number of hydroxylamine groups is 2. The maximum Gasteiger partial charge on any atom is 0.284 e. The van der Waals surface area contributed by atoms with Crippen LogP contribution in [0.3, 0.4) is 0 Å². The van der Waals surface area contributed by atoms with Crippen LogP contribution in [-0.4, -0.2) is 28.6 Å². The topological polar surface area (TPSA) is 81.2 Å². The lowest BCUT2D eigenvalue weighted by atomic mass is 10.5. The predicted octanol–water partition coefficient (Wildman–Crippen LogP) is 0.432. The number of aromatic amines is 2. The fraction of sp³-hybridized carbons (Fsp3) is 0.167. The molecule has 0 fully saturated rings. The SMILES string of the molecule is C[N+]1(O)C=Nc2c1[nH]c(=S)[nH]c2=O. The van der Waals surface area contributed by atoms with Crippen molar-refractivity contribution < 1.29 is 5.21 Å². The number of nitrogens with one attached hydrogen (secondary N) is 2. The molecule has 0 aliphatic carbocycles. The largest absolute Gasteiger partial charge is 0.297 e. The number of aliphatic imine (C=N–C) groups is 1. The van der Waals surface area contributed by atoms with Gasteiger partial charge in [0.15, 0.2) is 4.77 Å². The molecule has 0 radical (unpaired) electrons. The van der Waals surface area contributed by atoms with Gasteiger partial charge in [-0.1, -0.05) is 4.65 Å². The second kappa shape index (κ2) is 2.34. The Morgan fingerprint density at radius 2 is 2.31 bits per heavy atom. The molecule has 68 valence electrons. The van der Waals surface area contributed by atoms with E-state index >= 15 is 0 Å². The van der Waals surface area contributed by atoms with E-state index in [1.807, 2.05) is 0 Å². The second-order valence-electron chi connectivity index (χ2n) is 2.88. The first kappa shape index (κ1) is 8.30. The van der Waals surface area contributed by atoms with E-state index in [1.54, 1.807) is 0 Å². The van der Waals surface area contributed by atoms with Crippen LogP contribution in [0, 0.1) is 4.77 Å². The van der Waals surface area contributed by atoms with Crippen molar-refractivity contribution in [2.24, 2.45) is 4.99 Å². The predicted molar refractivity (Wildman–Crippen MR) is 49.9 cm³/mol. The van der Waals surface area contributed by atoms with Gasteiger partial charge in [0.25, 0.3) is 11.4 Å². The molecule has 6 nitrogen and oxygen atoms in total. The first-order chi connectivity index (χ1) is 6.00. The van der Waals surface area contributed by atoms with Crippen molar-refractivity contribution in [3.05, 3.63) is 15.1 Å². The molecule has 2 heterocycles. The van der Waals surface area contributed by atoms with Crippen molar-refractivity contribution in [3.8, 4) is 0 Å². The van der Waals surface area contributed by atoms with Crippen LogP contribution in [0.5, 0.6) is 0 Å². The minimum absolute atomic E-state index is 0.165. The second-order valence-corrected chi connectivity index (χ2v) is 3.28. The monoisotopic (exact) mass is 199 g/mol. The molecule has 3 N–H and O–H groups in total. The number of hydrogen-bond acceptors (Lipinski definition) is 4. The van der Waals surface area contributed by atoms with Crippen molar-refractivity contribution in [3.63, 3.8) is 0 Å². The summed E-state index contributed by atoms with van der Waals surface area (Å²) in [5, 5.41) is 9.65. The zero-order valence-electron chi connectivity index (χ0n) is 6.74. The van der Waals surface area contributed by atoms with Crippen LogP contribution in [0.25, 0.3) is 0 Å². The van der Waals surface area contributed by atoms with Gasteiger partial charge in [0.05, 0.1) is 0 Å². The lowest BCUT2D eigenvalue weighted by Crippen LogP contribution is -2.38. The number of aromatic nitrogens is 2. The Morgan fingerprint density at radius 1 is 1.62 bits per heavy atom. The lowest BCUT2D eigenvalue weighted by Gasteiger charge is -2.13. The molecule has 0 saturated carbocycles. The van der Waals surface area contributed by atoms with Crippen LogP contribution < -0.4 is 10.2 Å². The zero-order valence-corrected chi connectivity index (χ0v) is 7.55. The standard InChI is InChI=1S/C6H6N4O2S/c1-10(12)2-7-3-4(10)8-6(13)9-5(3)11/h2,12H,1H3,(H-,8,9,11,13)/p+1. The highest BCUT2D eigenvalue weighted by molar-refractivity contribution is 7.71. The van der Waals surface area contributed by atoms with E-state index in [0.29, 0.717) is 0 Å². The smallest absolute Gasteiger partial charge is 0.284 e. The zero-order chi connectivity index (χ0) is 9.64. The summed E-state index contributed by atoms with van der Waals surface area (Å²) in [6.45, 7) is 0. The number of nitrogens with zero attached hydrogens (tertiary/aromatic N) is 2. The average molecular weight is 199 g/mol. The molecule has 1 aromatic rings. The Morgan fingerprint density at radius 3 is 3.00 bits per heavy atom. The Hall–Kier alpha value is -1.31. The van der Waals surface area contributed by atoms with E-state index in [2.05, 4.69) is 15.0 Å². The third-order valence-electron chi connectivity index (χ3n) is 1.76. The summed E-state index contributed by atoms with van der Waals surface area (Å²) in [5.41, 5.74) is -0.232. The van der Waals surface area contributed by atoms with Gasteiger partial charge >= 0.3 is 0 Å². The third-order valence-corrected chi connectivity index (χ3v) is 1.97. The van der Waals surface area contributed by atoms with Gasteiger partial charge in [-0.2, -0.15) is 4.99 Å². The molecule has 1 aromatic heterocycles. The van der Waals surface area contributed by atoms with Crippen molar-refractivity contribution in [1.29, 1.82) is 0 Å². The highest BCUT2D eigenvalue weighted by atomic mass is 32.1. The summed E-state index contributed by atoms with van der Waals surface area (Å²) >= 11 is 4.76. The molecule has 7 heteroatoms. The highest BCUT2D eigenvalue weighted by Crippen LogP contribution is 2.28. The van der Waals surface area contributed by atoms with E-state index in [-0.39, 0.29) is 16.3 Å². The maximum absolute atomic E-state index is 11.2. The number of hydrogen-bond donors (Lipinski definition) is 3. The Kier molecular flexibility index (Phi) is 1.50. The number of fused-ring (bicyclic) bond motifs is 1. The lowest BCUT2D eigenvalue weighted by molar-refractivity contribution is 0.0267. The van der Waals surface area contributed by atoms with Crippen molar-refractivity contribution in [1.82, 2.24) is 14.6 Å². The molecular weight excluding hydrogens is 192 g/mol. The molecule has 1 aliphatic heterocycles. The molecule has 0 spiro atoms. The molecule has 0 amide bonds. The first-order valence-corrected chi connectivity index (χ1v) is 3.93. The van der Waals surface area contributed by atoms with Gasteiger partial charge in [0.1, 0.15) is 7.05 Å². The molecule has 0 saturated heterocycles. The summed E-state index contributed by atoms with van der Waals surface area (Å²) < 4.78 is -0.407. The third kappa shape index (κ3) is 1.13. The van der Waals surface area contributed by atoms with E-state index in [4.69, 9.17) is 12.2 Å². The van der Waals surface area contributed by atoms with Crippen molar-refractivity contribution >= 4 is 30.1 Å². The molecule has 0 aromatic carbocycles. The summed E-state index contributed by atoms with van der Waals surface area (Å²) in [4.78, 5) is 20.1. The van der Waals surface area contributed by atoms with Crippen LogP contribution in [0.2, 0.25) is 0 Å². The van der Waals surface area contributed by atoms with Gasteiger partial charge in [-0.25, -0.2) is 5.21 Å². The van der Waals surface area contributed by atoms with Gasteiger partial charge in [-0.15, -0.1) is 0 Å². The van der Waals surface area contributed by atoms with Crippen LogP contribution in [0.1, 0.15) is 0 Å². The fourth-order valence-electron chi connectivity index (χ4n) is 1.14. The summed E-state index contributed by atoms with van der Waals surface area (Å²) in [7, 11) is 1.47. The van der Waals surface area contributed by atoms with Crippen LogP contribution in [0.4, 0.5) is 11.5 Å². The van der Waals surface area contributed by atoms with Crippen LogP contribution in [-0.2, 0) is 0 Å². The minimum Gasteiger partial charge on any atom is -0.297 e. The Bertz CT molecular complexity index is 498. The number of H-pyrrole nitrogens is 2. The molecule has 1 unspecified atom stereocenters. The summed E-state index contributed by atoms with van der Waals surface area (Å²) in [6.07, 6.45) is 1.24. The first-order valence-electron chi connectivity index (χ1n) is 3.52. The molecule has 1 atom stereocenters. The molecule has 0 bridgehead atoms. The van der Waals surface area contributed by atoms with E-state index in [1.165, 1.54) is 13.4 Å². The van der Waals surface area contributed by atoms with Gasteiger partial charge in [-0.05, 0) is 12.2 Å². The molecule has 2 rings (SSSR count). The van der Waals surface area contributed by atoms with Crippen molar-refractivity contribution in [2.75, 3.05) is 7.05 Å². The average Bonchev–Trinajstić information content (AvgIpc) is 2.28. The van der Waals surface area contributed by atoms with Crippen molar-refractivity contribution in [2.45, 2.75) is 0 Å². The van der Waals surface area contributed by atoms with Crippen LogP contribution >= 0.6 is 12.2 Å². The fourth-order valence-corrected chi connectivity index (χ4v) is 1.33. The van der Waals surface area contributed by atoms with Crippen LogP contribution in [0.15, 0.2) is 9.79 Å². The van der Waals surface area contributed by atoms with Gasteiger partial charge in [0, 0.05) is 0 Å². The minimum atomic E-state index is -0.580. The van der Waals surface area contributed by atoms with Gasteiger partial charge in [0.2, 0.25) is 12.0 Å². The summed E-state index contributed by atoms with van der Waals surface area (Å²) in [5.74, 6) is 0.286. The summed E-state index contributed by atoms with van der Waals surface area (Å²) in [6, 6.07) is 0. The van der Waals surface area contributed by atoms with Gasteiger partial charge < -0.3 is 0 Å². The normalized spacial score (nSPS) is 24.8. The molecular formula is C6H7N4O2S+. The molecule has 13 heavy (non-hydrogen) atoms. The number of quaternary nitrogens is 1. The quantitative estimate of drug-likeness (QED) is 0.418. The highest BCUT2D eigenvalue weighted by Gasteiger charge is 2.33. The van der Waals surface area contributed by atoms with E-state index < -0.39 is 10.2 Å². The molecule has 1 aliphatic rings. The Labute approximate surface area is 77.7 Å². The Balaban J connectivity index is 2.86.